The van der Waals surface area contributed by atoms with E-state index in [2.05, 4.69) is 28.0 Å². The molecule has 0 saturated heterocycles. The predicted octanol–water partition coefficient (Wildman–Crippen LogP) is 1.90. The monoisotopic (exact) mass is 255 g/mol. The lowest BCUT2D eigenvalue weighted by Crippen LogP contribution is -2.30. The highest BCUT2D eigenvalue weighted by molar-refractivity contribution is 5.90. The van der Waals surface area contributed by atoms with Crippen molar-refractivity contribution in [3.63, 3.8) is 0 Å². The van der Waals surface area contributed by atoms with Crippen molar-refractivity contribution in [1.29, 1.82) is 0 Å². The topological polar surface area (TPSA) is 53.5 Å². The molecule has 2 aromatic carbocycles. The molecular formula is C15H17N3O. The molecule has 0 aliphatic heterocycles. The molecule has 0 aliphatic rings. The van der Waals surface area contributed by atoms with Crippen LogP contribution >= 0.6 is 0 Å². The summed E-state index contributed by atoms with van der Waals surface area (Å²) >= 11 is 0. The van der Waals surface area contributed by atoms with Crippen molar-refractivity contribution in [3.8, 4) is 0 Å². The fraction of sp³-hybridized carbons (Fsp3) is 0.200. The maximum atomic E-state index is 11.3. The quantitative estimate of drug-likeness (QED) is 0.633. The molecule has 4 heteroatoms. The Labute approximate surface area is 112 Å². The van der Waals surface area contributed by atoms with Gasteiger partial charge < -0.3 is 5.32 Å². The number of nitrogens with one attached hydrogen (secondary N) is 2. The molecule has 0 aliphatic carbocycles. The van der Waals surface area contributed by atoms with Gasteiger partial charge in [0, 0.05) is 0 Å². The molecule has 0 spiro atoms. The molecule has 4 nitrogen and oxygen atoms in total. The third-order valence-electron chi connectivity index (χ3n) is 2.71. The third-order valence-corrected chi connectivity index (χ3v) is 2.71. The molecule has 0 aromatic heterocycles. The van der Waals surface area contributed by atoms with Crippen molar-refractivity contribution < 1.29 is 4.79 Å². The van der Waals surface area contributed by atoms with Crippen molar-refractivity contribution in [2.45, 2.75) is 6.92 Å². The highest BCUT2D eigenvalue weighted by Crippen LogP contribution is 2.14. The summed E-state index contributed by atoms with van der Waals surface area (Å²) in [6.45, 7) is 3.00. The first-order chi connectivity index (χ1) is 9.29. The zero-order valence-corrected chi connectivity index (χ0v) is 10.9. The van der Waals surface area contributed by atoms with Crippen LogP contribution in [0.2, 0.25) is 0 Å². The van der Waals surface area contributed by atoms with Crippen LogP contribution in [0.5, 0.6) is 0 Å². The normalized spacial score (nSPS) is 11.0. The van der Waals surface area contributed by atoms with Crippen LogP contribution in [0, 0.1) is 0 Å². The smallest absolute Gasteiger partial charge is 0.254 e. The molecule has 0 atom stereocenters. The van der Waals surface area contributed by atoms with Gasteiger partial charge in [-0.25, -0.2) is 5.43 Å². The van der Waals surface area contributed by atoms with Crippen LogP contribution in [0.4, 0.5) is 0 Å². The molecule has 98 valence electrons. The molecule has 1 amide bonds. The van der Waals surface area contributed by atoms with Gasteiger partial charge in [0.15, 0.2) is 0 Å². The number of hydrogen-bond donors (Lipinski definition) is 2. The minimum atomic E-state index is -0.140. The largest absolute Gasteiger partial charge is 0.309 e. The van der Waals surface area contributed by atoms with E-state index in [1.165, 1.54) is 5.39 Å². The molecule has 2 aromatic rings. The van der Waals surface area contributed by atoms with E-state index < -0.39 is 0 Å². The summed E-state index contributed by atoms with van der Waals surface area (Å²) in [4.78, 5) is 11.3. The van der Waals surface area contributed by atoms with Crippen molar-refractivity contribution in [3.05, 3.63) is 48.0 Å². The number of benzene rings is 2. The first-order valence-corrected chi connectivity index (χ1v) is 6.31. The fourth-order valence-electron chi connectivity index (χ4n) is 1.74. The van der Waals surface area contributed by atoms with E-state index in [9.17, 15) is 4.79 Å². The lowest BCUT2D eigenvalue weighted by molar-refractivity contribution is -0.120. The van der Waals surface area contributed by atoms with Crippen LogP contribution < -0.4 is 10.7 Å². The highest BCUT2D eigenvalue weighted by atomic mass is 16.2. The van der Waals surface area contributed by atoms with Gasteiger partial charge in [-0.05, 0) is 28.9 Å². The standard InChI is InChI=1S/C15H17N3O/c1-2-16-11-15(19)18-17-10-12-7-8-13-5-3-4-6-14(13)9-12/h3-10,16H,2,11H2,1H3,(H,18,19)/b17-10+. The second-order valence-electron chi connectivity index (χ2n) is 4.18. The van der Waals surface area contributed by atoms with E-state index in [0.29, 0.717) is 0 Å². The average molecular weight is 255 g/mol. The number of amides is 1. The van der Waals surface area contributed by atoms with Crippen molar-refractivity contribution in [2.75, 3.05) is 13.1 Å². The van der Waals surface area contributed by atoms with E-state index in [1.54, 1.807) is 6.21 Å². The summed E-state index contributed by atoms with van der Waals surface area (Å²) in [5.41, 5.74) is 3.44. The predicted molar refractivity (Wildman–Crippen MR) is 78.2 cm³/mol. The summed E-state index contributed by atoms with van der Waals surface area (Å²) < 4.78 is 0. The summed E-state index contributed by atoms with van der Waals surface area (Å²) in [6.07, 6.45) is 1.65. The van der Waals surface area contributed by atoms with Gasteiger partial charge in [-0.15, -0.1) is 0 Å². The van der Waals surface area contributed by atoms with Crippen molar-refractivity contribution >= 4 is 22.9 Å². The first-order valence-electron chi connectivity index (χ1n) is 6.31. The summed E-state index contributed by atoms with van der Waals surface area (Å²) in [7, 11) is 0. The summed E-state index contributed by atoms with van der Waals surface area (Å²) in [5.74, 6) is -0.140. The van der Waals surface area contributed by atoms with Crippen molar-refractivity contribution in [2.24, 2.45) is 5.10 Å². The number of carbonyl (C=O) groups is 1. The minimum absolute atomic E-state index is 0.140. The Morgan fingerprint density at radius 3 is 2.79 bits per heavy atom. The molecule has 0 radical (unpaired) electrons. The maximum absolute atomic E-state index is 11.3. The summed E-state index contributed by atoms with van der Waals surface area (Å²) in [5, 5.41) is 9.22. The zero-order valence-electron chi connectivity index (χ0n) is 10.9. The first kappa shape index (κ1) is 13.2. The molecule has 2 N–H and O–H groups in total. The number of fused-ring (bicyclic) bond motifs is 1. The van der Waals surface area contributed by atoms with E-state index in [4.69, 9.17) is 0 Å². The number of carbonyl (C=O) groups excluding carboxylic acids is 1. The van der Waals surface area contributed by atoms with E-state index in [-0.39, 0.29) is 12.5 Å². The van der Waals surface area contributed by atoms with Crippen LogP contribution in [0.3, 0.4) is 0 Å². The van der Waals surface area contributed by atoms with Gasteiger partial charge in [0.05, 0.1) is 12.8 Å². The molecule has 2 rings (SSSR count). The molecule has 0 bridgehead atoms. The lowest BCUT2D eigenvalue weighted by atomic mass is 10.1. The molecule has 0 fully saturated rings. The molecule has 0 saturated carbocycles. The molecule has 0 heterocycles. The van der Waals surface area contributed by atoms with Gasteiger partial charge in [0.1, 0.15) is 0 Å². The second kappa shape index (κ2) is 6.66. The maximum Gasteiger partial charge on any atom is 0.254 e. The summed E-state index contributed by atoms with van der Waals surface area (Å²) in [6, 6.07) is 14.2. The van der Waals surface area contributed by atoms with E-state index in [1.807, 2.05) is 37.3 Å². The van der Waals surface area contributed by atoms with Gasteiger partial charge in [0.25, 0.3) is 5.91 Å². The van der Waals surface area contributed by atoms with Crippen LogP contribution in [0.1, 0.15) is 12.5 Å². The molecule has 0 unspecified atom stereocenters. The SMILES string of the molecule is CCNCC(=O)N/N=C/c1ccc2ccccc2c1. The number of likely N-dealkylation sites (N-methyl/N-ethyl adjacent to an activating group) is 1. The number of hydrogen-bond acceptors (Lipinski definition) is 3. The minimum Gasteiger partial charge on any atom is -0.309 e. The third kappa shape index (κ3) is 3.89. The van der Waals surface area contributed by atoms with Crippen LogP contribution in [0.25, 0.3) is 10.8 Å². The Balaban J connectivity index is 1.99. The average Bonchev–Trinajstić information content (AvgIpc) is 2.45. The Morgan fingerprint density at radius 1 is 1.21 bits per heavy atom. The molecular weight excluding hydrogens is 238 g/mol. The second-order valence-corrected chi connectivity index (χ2v) is 4.18. The molecule has 19 heavy (non-hydrogen) atoms. The number of rotatable bonds is 5. The van der Waals surface area contributed by atoms with Gasteiger partial charge in [-0.2, -0.15) is 5.10 Å². The Morgan fingerprint density at radius 2 is 2.00 bits per heavy atom. The van der Waals surface area contributed by atoms with Gasteiger partial charge in [0.2, 0.25) is 0 Å². The fourth-order valence-corrected chi connectivity index (χ4v) is 1.74. The van der Waals surface area contributed by atoms with E-state index >= 15 is 0 Å². The van der Waals surface area contributed by atoms with E-state index in [0.717, 1.165) is 17.5 Å². The lowest BCUT2D eigenvalue weighted by Gasteiger charge is -2.00. The van der Waals surface area contributed by atoms with Crippen LogP contribution in [-0.2, 0) is 4.79 Å². The Kier molecular flexibility index (Phi) is 4.64. The highest BCUT2D eigenvalue weighted by Gasteiger charge is 1.96. The van der Waals surface area contributed by atoms with Crippen molar-refractivity contribution in [1.82, 2.24) is 10.7 Å². The zero-order chi connectivity index (χ0) is 13.5. The van der Waals surface area contributed by atoms with Gasteiger partial charge in [-0.1, -0.05) is 43.3 Å². The van der Waals surface area contributed by atoms with Crippen LogP contribution in [0.15, 0.2) is 47.6 Å². The van der Waals surface area contributed by atoms with Gasteiger partial charge in [-0.3, -0.25) is 4.79 Å². The Hall–Kier alpha value is -2.20. The Bertz CT molecular complexity index is 593. The van der Waals surface area contributed by atoms with Gasteiger partial charge >= 0.3 is 0 Å². The number of hydrazone groups is 1. The number of nitrogens with zero attached hydrogens (tertiary/aromatic N) is 1. The van der Waals surface area contributed by atoms with Crippen LogP contribution in [-0.4, -0.2) is 25.2 Å².